The Morgan fingerprint density at radius 2 is 1.72 bits per heavy atom. The highest BCUT2D eigenvalue weighted by Crippen LogP contribution is 2.39. The van der Waals surface area contributed by atoms with Crippen molar-refractivity contribution in [3.05, 3.63) is 48.1 Å². The lowest BCUT2D eigenvalue weighted by atomic mass is 9.79. The molecule has 2 bridgehead atoms. The second-order valence-corrected chi connectivity index (χ2v) is 13.9. The highest BCUT2D eigenvalue weighted by molar-refractivity contribution is 5.70. The molecule has 9 heteroatoms. The summed E-state index contributed by atoms with van der Waals surface area (Å²) in [6.07, 6.45) is 12.7. The molecule has 0 aromatic rings. The number of aliphatic hydroxyl groups is 4. The highest BCUT2D eigenvalue weighted by atomic mass is 16.7. The zero-order chi connectivity index (χ0) is 34.4. The number of cyclic esters (lactones) is 1. The molecule has 2 rings (SSSR count). The molecule has 0 saturated carbocycles. The van der Waals surface area contributed by atoms with E-state index in [1.807, 2.05) is 33.8 Å². The second kappa shape index (κ2) is 19.8. The number of hydrogen-bond acceptors (Lipinski definition) is 9. The van der Waals surface area contributed by atoms with Gasteiger partial charge < -0.3 is 39.4 Å². The number of allylic oxidation sites excluding steroid dienone is 5. The second-order valence-electron chi connectivity index (χ2n) is 13.9. The fourth-order valence-electron chi connectivity index (χ4n) is 6.52. The SMILES string of the molecule is CO[C@@H]1C/C=C\C=C\C[C@H](C)[C@H]2OC(C)(C)O[C@H]([C@H]2C)[C@H](C)[C@H](O)CC(=O)O[C@H]([C@H](C)[C@H](O)/C=C(C)/C=C/CO)C[C@H](O)CCC1. The summed E-state index contributed by atoms with van der Waals surface area (Å²) in [6.45, 7) is 13.4. The van der Waals surface area contributed by atoms with Crippen LogP contribution in [0, 0.1) is 23.7 Å². The Bertz CT molecular complexity index is 1020. The van der Waals surface area contributed by atoms with Gasteiger partial charge in [0.1, 0.15) is 6.10 Å². The number of carbonyl (C=O) groups is 1. The number of fused-ring (bicyclic) bond motifs is 2. The number of carbonyl (C=O) groups excluding carboxylic acids is 1. The molecule has 2 heterocycles. The molecule has 264 valence electrons. The first kappa shape index (κ1) is 40.3. The van der Waals surface area contributed by atoms with Gasteiger partial charge in [-0.3, -0.25) is 4.79 Å². The van der Waals surface area contributed by atoms with Crippen LogP contribution < -0.4 is 0 Å². The molecule has 0 aromatic carbocycles. The van der Waals surface area contributed by atoms with Crippen LogP contribution in [-0.4, -0.2) is 88.6 Å². The lowest BCUT2D eigenvalue weighted by molar-refractivity contribution is -0.337. The molecule has 46 heavy (non-hydrogen) atoms. The van der Waals surface area contributed by atoms with Crippen molar-refractivity contribution >= 4 is 5.97 Å². The standard InChI is InChI=1S/C37H62O9/c1-24(15-14-20-38)21-31(40)26(3)33-22-29(39)17-13-19-30(43-8)18-12-10-9-11-16-25(2)35-28(5)36(46-37(6,7)45-35)27(4)32(41)23-34(42)44-33/h9-12,14-15,21,25-33,35-36,38-41H,13,16-20,22-23H2,1-8H3/b11-9+,12-10-,15-14+,24-21+/t25-,26+,27+,28-,29+,30+,31+,32+,33-,35+,36-/m0/s1. The maximum Gasteiger partial charge on any atom is 0.308 e. The molecule has 4 N–H and O–H groups in total. The van der Waals surface area contributed by atoms with E-state index < -0.39 is 42.1 Å². The van der Waals surface area contributed by atoms with E-state index in [1.54, 1.807) is 32.3 Å². The average Bonchev–Trinajstić information content (AvgIpc) is 2.99. The quantitative estimate of drug-likeness (QED) is 0.220. The smallest absolute Gasteiger partial charge is 0.308 e. The molecule has 0 amide bonds. The minimum absolute atomic E-state index is 0.0159. The van der Waals surface area contributed by atoms with Gasteiger partial charge in [0.05, 0.1) is 49.7 Å². The Labute approximate surface area is 277 Å². The van der Waals surface area contributed by atoms with Gasteiger partial charge in [0.2, 0.25) is 0 Å². The molecule has 0 aliphatic carbocycles. The van der Waals surface area contributed by atoms with Crippen molar-refractivity contribution in [2.45, 2.75) is 142 Å². The number of ether oxygens (including phenoxy) is 4. The predicted octanol–water partition coefficient (Wildman–Crippen LogP) is 5.41. The van der Waals surface area contributed by atoms with Gasteiger partial charge in [-0.1, -0.05) is 75.8 Å². The molecule has 11 atom stereocenters. The predicted molar refractivity (Wildman–Crippen MR) is 180 cm³/mol. The Morgan fingerprint density at radius 3 is 2.37 bits per heavy atom. The van der Waals surface area contributed by atoms with Gasteiger partial charge in [-0.15, -0.1) is 0 Å². The average molecular weight is 651 g/mol. The van der Waals surface area contributed by atoms with Crippen molar-refractivity contribution in [1.29, 1.82) is 0 Å². The van der Waals surface area contributed by atoms with E-state index in [-0.39, 0.29) is 55.5 Å². The third-order valence-electron chi connectivity index (χ3n) is 9.46. The third kappa shape index (κ3) is 13.3. The topological polar surface area (TPSA) is 135 Å². The van der Waals surface area contributed by atoms with Crippen LogP contribution in [0.5, 0.6) is 0 Å². The van der Waals surface area contributed by atoms with E-state index >= 15 is 0 Å². The third-order valence-corrected chi connectivity index (χ3v) is 9.46. The molecule has 0 radical (unpaired) electrons. The summed E-state index contributed by atoms with van der Waals surface area (Å²) in [5.41, 5.74) is 0.749. The summed E-state index contributed by atoms with van der Waals surface area (Å²) in [7, 11) is 1.69. The van der Waals surface area contributed by atoms with E-state index in [0.717, 1.165) is 31.3 Å². The molecule has 1 saturated heterocycles. The molecule has 0 spiro atoms. The number of rotatable bonds is 6. The first-order valence-electron chi connectivity index (χ1n) is 17.1. The van der Waals surface area contributed by atoms with Crippen LogP contribution >= 0.6 is 0 Å². The molecule has 1 fully saturated rings. The Morgan fingerprint density at radius 1 is 1.07 bits per heavy atom. The van der Waals surface area contributed by atoms with Crippen LogP contribution in [0.25, 0.3) is 0 Å². The summed E-state index contributed by atoms with van der Waals surface area (Å²) in [5, 5.41) is 42.4. The van der Waals surface area contributed by atoms with Crippen LogP contribution in [0.1, 0.15) is 93.4 Å². The molecular formula is C37H62O9. The summed E-state index contributed by atoms with van der Waals surface area (Å²) in [5.74, 6) is -2.23. The molecule has 2 aliphatic rings. The number of methoxy groups -OCH3 is 1. The lowest BCUT2D eigenvalue weighted by Gasteiger charge is -2.49. The van der Waals surface area contributed by atoms with Gasteiger partial charge in [0, 0.05) is 31.3 Å². The first-order valence-corrected chi connectivity index (χ1v) is 17.1. The zero-order valence-electron chi connectivity index (χ0n) is 29.4. The fraction of sp³-hybridized carbons (Fsp3) is 0.757. The van der Waals surface area contributed by atoms with Crippen molar-refractivity contribution in [2.75, 3.05) is 13.7 Å². The van der Waals surface area contributed by atoms with Gasteiger partial charge in [-0.25, -0.2) is 0 Å². The van der Waals surface area contributed by atoms with Crippen molar-refractivity contribution in [1.82, 2.24) is 0 Å². The van der Waals surface area contributed by atoms with Gasteiger partial charge in [0.25, 0.3) is 0 Å². The van der Waals surface area contributed by atoms with E-state index in [0.29, 0.717) is 6.42 Å². The Hall–Kier alpha value is -1.85. The molecular weight excluding hydrogens is 588 g/mol. The lowest BCUT2D eigenvalue weighted by Crippen LogP contribution is -2.55. The minimum Gasteiger partial charge on any atom is -0.462 e. The maximum absolute atomic E-state index is 13.3. The van der Waals surface area contributed by atoms with Gasteiger partial charge >= 0.3 is 5.97 Å². The monoisotopic (exact) mass is 650 g/mol. The van der Waals surface area contributed by atoms with Crippen LogP contribution in [0.4, 0.5) is 0 Å². The van der Waals surface area contributed by atoms with Crippen molar-refractivity contribution in [3.8, 4) is 0 Å². The Kier molecular flexibility index (Phi) is 17.4. The van der Waals surface area contributed by atoms with Crippen LogP contribution in [0.2, 0.25) is 0 Å². The first-order chi connectivity index (χ1) is 21.7. The largest absolute Gasteiger partial charge is 0.462 e. The van der Waals surface area contributed by atoms with E-state index in [4.69, 9.17) is 24.1 Å². The zero-order valence-corrected chi connectivity index (χ0v) is 29.4. The normalized spacial score (nSPS) is 37.3. The van der Waals surface area contributed by atoms with Crippen LogP contribution in [-0.2, 0) is 23.7 Å². The number of esters is 1. The number of hydrogen-bond donors (Lipinski definition) is 4. The van der Waals surface area contributed by atoms with Crippen LogP contribution in [0.15, 0.2) is 48.1 Å². The fourth-order valence-corrected chi connectivity index (χ4v) is 6.52. The van der Waals surface area contributed by atoms with E-state index in [2.05, 4.69) is 32.1 Å². The van der Waals surface area contributed by atoms with Crippen molar-refractivity contribution in [3.63, 3.8) is 0 Å². The maximum atomic E-state index is 13.3. The van der Waals surface area contributed by atoms with E-state index in [1.165, 1.54) is 0 Å². The van der Waals surface area contributed by atoms with Gasteiger partial charge in [-0.05, 0) is 58.8 Å². The molecule has 2 aliphatic heterocycles. The molecule has 9 nitrogen and oxygen atoms in total. The van der Waals surface area contributed by atoms with Crippen LogP contribution in [0.3, 0.4) is 0 Å². The van der Waals surface area contributed by atoms with Gasteiger partial charge in [-0.2, -0.15) is 0 Å². The van der Waals surface area contributed by atoms with E-state index in [9.17, 15) is 20.1 Å². The minimum atomic E-state index is -1.03. The van der Waals surface area contributed by atoms with Crippen molar-refractivity contribution < 1.29 is 44.2 Å². The summed E-state index contributed by atoms with van der Waals surface area (Å²) in [6, 6.07) is 0. The highest BCUT2D eigenvalue weighted by Gasteiger charge is 2.46. The summed E-state index contributed by atoms with van der Waals surface area (Å²) >= 11 is 0. The molecule has 0 unspecified atom stereocenters. The Balaban J connectivity index is 2.34. The van der Waals surface area contributed by atoms with Gasteiger partial charge in [0.15, 0.2) is 5.79 Å². The summed E-state index contributed by atoms with van der Waals surface area (Å²) < 4.78 is 24.3. The molecule has 0 aromatic heterocycles. The summed E-state index contributed by atoms with van der Waals surface area (Å²) in [4.78, 5) is 13.3. The van der Waals surface area contributed by atoms with Crippen molar-refractivity contribution in [2.24, 2.45) is 23.7 Å². The number of aliphatic hydroxyl groups excluding tert-OH is 4.